The van der Waals surface area contributed by atoms with Crippen LogP contribution in [-0.4, -0.2) is 10.9 Å². The number of pyridine rings is 1. The van der Waals surface area contributed by atoms with E-state index in [0.29, 0.717) is 22.1 Å². The molecule has 4 nitrogen and oxygen atoms in total. The van der Waals surface area contributed by atoms with Gasteiger partial charge in [-0.2, -0.15) is 0 Å². The van der Waals surface area contributed by atoms with Crippen molar-refractivity contribution in [1.82, 2.24) is 4.98 Å². The van der Waals surface area contributed by atoms with E-state index < -0.39 is 0 Å². The minimum absolute atomic E-state index is 0.320. The maximum Gasteiger partial charge on any atom is 0.258 e. The van der Waals surface area contributed by atoms with E-state index in [1.54, 1.807) is 30.5 Å². The highest BCUT2D eigenvalue weighted by atomic mass is 79.9. The summed E-state index contributed by atoms with van der Waals surface area (Å²) in [4.78, 5) is 16.0. The molecule has 0 spiro atoms. The molecule has 0 aliphatic carbocycles. The number of halogens is 2. The summed E-state index contributed by atoms with van der Waals surface area (Å²) in [5.74, 6) is 0.136. The molecule has 2 rings (SSSR count). The number of nitrogen functional groups attached to an aromatic ring is 1. The molecule has 0 aliphatic heterocycles. The van der Waals surface area contributed by atoms with Gasteiger partial charge in [-0.15, -0.1) is 0 Å². The Hall–Kier alpha value is -1.59. The quantitative estimate of drug-likeness (QED) is 0.832. The predicted molar refractivity (Wildman–Crippen MR) is 75.8 cm³/mol. The molecule has 18 heavy (non-hydrogen) atoms. The van der Waals surface area contributed by atoms with Crippen molar-refractivity contribution >= 4 is 44.9 Å². The van der Waals surface area contributed by atoms with Gasteiger partial charge in [0.1, 0.15) is 5.82 Å². The Labute approximate surface area is 117 Å². The zero-order valence-electron chi connectivity index (χ0n) is 9.15. The Balaban J connectivity index is 2.19. The number of nitrogens with zero attached hydrogens (tertiary/aromatic N) is 1. The molecule has 1 aromatic heterocycles. The summed E-state index contributed by atoms with van der Waals surface area (Å²) in [6.07, 6.45) is 1.60. The third kappa shape index (κ3) is 3.00. The zero-order valence-corrected chi connectivity index (χ0v) is 11.5. The standard InChI is InChI=1S/C12H9BrClN3O/c13-7-1-4-11(16-6-7)17-12(18)9-3-2-8(14)5-10(9)15/h1-6H,15H2,(H,16,17,18). The van der Waals surface area contributed by atoms with E-state index in [9.17, 15) is 4.79 Å². The molecule has 1 aromatic carbocycles. The van der Waals surface area contributed by atoms with Crippen molar-refractivity contribution in [2.45, 2.75) is 0 Å². The Morgan fingerprint density at radius 2 is 2.11 bits per heavy atom. The number of anilines is 2. The van der Waals surface area contributed by atoms with Crippen molar-refractivity contribution in [2.75, 3.05) is 11.1 Å². The molecule has 0 aliphatic rings. The second-order valence-corrected chi connectivity index (χ2v) is 4.90. The van der Waals surface area contributed by atoms with Crippen LogP contribution in [0.3, 0.4) is 0 Å². The molecule has 2 aromatic rings. The first kappa shape index (κ1) is 12.9. The molecular formula is C12H9BrClN3O. The van der Waals surface area contributed by atoms with Crippen LogP contribution in [-0.2, 0) is 0 Å². The summed E-state index contributed by atoms with van der Waals surface area (Å²) in [5, 5.41) is 3.14. The van der Waals surface area contributed by atoms with Crippen LogP contribution < -0.4 is 11.1 Å². The fourth-order valence-electron chi connectivity index (χ4n) is 1.37. The van der Waals surface area contributed by atoms with Crippen LogP contribution in [0.1, 0.15) is 10.4 Å². The minimum Gasteiger partial charge on any atom is -0.398 e. The third-order valence-corrected chi connectivity index (χ3v) is 2.93. The highest BCUT2D eigenvalue weighted by Gasteiger charge is 2.10. The van der Waals surface area contributed by atoms with Crippen LogP contribution >= 0.6 is 27.5 Å². The maximum atomic E-state index is 11.9. The van der Waals surface area contributed by atoms with E-state index in [1.807, 2.05) is 0 Å². The number of aromatic nitrogens is 1. The highest BCUT2D eigenvalue weighted by molar-refractivity contribution is 9.10. The van der Waals surface area contributed by atoms with Gasteiger partial charge in [-0.1, -0.05) is 11.6 Å². The van der Waals surface area contributed by atoms with Gasteiger partial charge in [-0.05, 0) is 46.3 Å². The Morgan fingerprint density at radius 1 is 1.33 bits per heavy atom. The lowest BCUT2D eigenvalue weighted by molar-refractivity contribution is 0.102. The molecule has 1 heterocycles. The second kappa shape index (κ2) is 5.37. The number of benzene rings is 1. The number of carbonyl (C=O) groups is 1. The first-order valence-corrected chi connectivity index (χ1v) is 6.21. The monoisotopic (exact) mass is 325 g/mol. The summed E-state index contributed by atoms with van der Waals surface area (Å²) < 4.78 is 0.839. The number of nitrogens with two attached hydrogens (primary N) is 1. The van der Waals surface area contributed by atoms with Crippen LogP contribution in [0, 0.1) is 0 Å². The Morgan fingerprint density at radius 3 is 2.72 bits per heavy atom. The van der Waals surface area contributed by atoms with Crippen molar-refractivity contribution < 1.29 is 4.79 Å². The normalized spacial score (nSPS) is 10.1. The molecule has 0 atom stereocenters. The van der Waals surface area contributed by atoms with Crippen molar-refractivity contribution in [2.24, 2.45) is 0 Å². The molecule has 6 heteroatoms. The number of nitrogens with one attached hydrogen (secondary N) is 1. The molecule has 0 bridgehead atoms. The average molecular weight is 327 g/mol. The van der Waals surface area contributed by atoms with Gasteiger partial charge in [-0.25, -0.2) is 4.98 Å². The molecule has 0 unspecified atom stereocenters. The van der Waals surface area contributed by atoms with Gasteiger partial charge >= 0.3 is 0 Å². The van der Waals surface area contributed by atoms with Gasteiger partial charge in [0.15, 0.2) is 0 Å². The predicted octanol–water partition coefficient (Wildman–Crippen LogP) is 3.33. The largest absolute Gasteiger partial charge is 0.398 e. The van der Waals surface area contributed by atoms with E-state index in [2.05, 4.69) is 26.2 Å². The van der Waals surface area contributed by atoms with E-state index in [0.717, 1.165) is 4.47 Å². The number of hydrogen-bond donors (Lipinski definition) is 2. The first-order chi connectivity index (χ1) is 8.56. The van der Waals surface area contributed by atoms with E-state index in [1.165, 1.54) is 6.07 Å². The number of hydrogen-bond acceptors (Lipinski definition) is 3. The third-order valence-electron chi connectivity index (χ3n) is 2.23. The fourth-order valence-corrected chi connectivity index (χ4v) is 1.79. The second-order valence-electron chi connectivity index (χ2n) is 3.55. The average Bonchev–Trinajstić information content (AvgIpc) is 2.32. The fraction of sp³-hybridized carbons (Fsp3) is 0. The topological polar surface area (TPSA) is 68.0 Å². The molecule has 0 saturated carbocycles. The Kier molecular flexibility index (Phi) is 3.84. The van der Waals surface area contributed by atoms with E-state index >= 15 is 0 Å². The van der Waals surface area contributed by atoms with Gasteiger partial charge in [0, 0.05) is 21.4 Å². The number of amides is 1. The van der Waals surface area contributed by atoms with E-state index in [-0.39, 0.29) is 5.91 Å². The first-order valence-electron chi connectivity index (χ1n) is 5.04. The summed E-state index contributed by atoms with van der Waals surface area (Å²) in [6, 6.07) is 8.20. The zero-order chi connectivity index (χ0) is 13.1. The smallest absolute Gasteiger partial charge is 0.258 e. The molecule has 0 saturated heterocycles. The van der Waals surface area contributed by atoms with Crippen molar-refractivity contribution in [3.05, 3.63) is 51.6 Å². The van der Waals surface area contributed by atoms with Crippen LogP contribution in [0.4, 0.5) is 11.5 Å². The molecule has 1 amide bonds. The lowest BCUT2D eigenvalue weighted by atomic mass is 10.1. The van der Waals surface area contributed by atoms with Crippen molar-refractivity contribution in [3.8, 4) is 0 Å². The van der Waals surface area contributed by atoms with Crippen molar-refractivity contribution in [3.63, 3.8) is 0 Å². The van der Waals surface area contributed by atoms with Crippen LogP contribution in [0.5, 0.6) is 0 Å². The number of carbonyl (C=O) groups excluding carboxylic acids is 1. The SMILES string of the molecule is Nc1cc(Cl)ccc1C(=O)Nc1ccc(Br)cn1. The Bertz CT molecular complexity index is 586. The molecule has 92 valence electrons. The lowest BCUT2D eigenvalue weighted by Gasteiger charge is -2.07. The highest BCUT2D eigenvalue weighted by Crippen LogP contribution is 2.19. The summed E-state index contributed by atoms with van der Waals surface area (Å²) in [7, 11) is 0. The number of rotatable bonds is 2. The van der Waals surface area contributed by atoms with Gasteiger partial charge in [0.05, 0.1) is 5.56 Å². The maximum absolute atomic E-state index is 11.9. The molecule has 0 radical (unpaired) electrons. The van der Waals surface area contributed by atoms with Gasteiger partial charge < -0.3 is 11.1 Å². The lowest BCUT2D eigenvalue weighted by Crippen LogP contribution is -2.14. The van der Waals surface area contributed by atoms with E-state index in [4.69, 9.17) is 17.3 Å². The molecular weight excluding hydrogens is 318 g/mol. The van der Waals surface area contributed by atoms with Gasteiger partial charge in [-0.3, -0.25) is 4.79 Å². The van der Waals surface area contributed by atoms with Crippen LogP contribution in [0.25, 0.3) is 0 Å². The summed E-state index contributed by atoms with van der Waals surface area (Å²) in [6.45, 7) is 0. The summed E-state index contributed by atoms with van der Waals surface area (Å²) in [5.41, 5.74) is 6.42. The van der Waals surface area contributed by atoms with Crippen LogP contribution in [0.2, 0.25) is 5.02 Å². The summed E-state index contributed by atoms with van der Waals surface area (Å²) >= 11 is 9.04. The molecule has 3 N–H and O–H groups in total. The van der Waals surface area contributed by atoms with Gasteiger partial charge in [0.2, 0.25) is 0 Å². The van der Waals surface area contributed by atoms with Crippen LogP contribution in [0.15, 0.2) is 41.0 Å². The van der Waals surface area contributed by atoms with Crippen molar-refractivity contribution in [1.29, 1.82) is 0 Å². The minimum atomic E-state index is -0.320. The van der Waals surface area contributed by atoms with Gasteiger partial charge in [0.25, 0.3) is 5.91 Å². The molecule has 0 fully saturated rings.